The molecule has 2 aliphatic heterocycles. The summed E-state index contributed by atoms with van der Waals surface area (Å²) in [4.78, 5) is 5.98. The molecule has 0 spiro atoms. The lowest BCUT2D eigenvalue weighted by atomic mass is 10.3. The number of aromatic nitrogens is 1. The van der Waals surface area contributed by atoms with Crippen LogP contribution in [-0.2, 0) is 0 Å². The molecule has 1 nitrogen and oxygen atoms in total. The highest BCUT2D eigenvalue weighted by molar-refractivity contribution is 8.42. The number of rotatable bonds is 10. The Labute approximate surface area is 177 Å². The molecule has 0 saturated carbocycles. The Morgan fingerprint density at radius 2 is 1.20 bits per heavy atom. The van der Waals surface area contributed by atoms with Crippen LogP contribution in [0.5, 0.6) is 0 Å². The monoisotopic (exact) mass is 447 g/mol. The van der Waals surface area contributed by atoms with Gasteiger partial charge in [-0.05, 0) is 24.3 Å². The van der Waals surface area contributed by atoms with Crippen LogP contribution in [0.3, 0.4) is 0 Å². The van der Waals surface area contributed by atoms with Crippen molar-refractivity contribution in [2.45, 2.75) is 62.2 Å². The van der Waals surface area contributed by atoms with Crippen LogP contribution in [-0.4, -0.2) is 16.5 Å². The highest BCUT2D eigenvalue weighted by Gasteiger charge is 2.29. The Morgan fingerprint density at radius 3 is 1.68 bits per heavy atom. The van der Waals surface area contributed by atoms with E-state index in [4.69, 9.17) is 0 Å². The highest BCUT2D eigenvalue weighted by atomic mass is 32.3. The minimum atomic E-state index is 1.26. The van der Waals surface area contributed by atoms with Crippen LogP contribution in [0, 0.1) is 0 Å². The summed E-state index contributed by atoms with van der Waals surface area (Å²) in [7, 11) is 0. The third-order valence-electron chi connectivity index (χ3n) is 3.74. The van der Waals surface area contributed by atoms with Crippen molar-refractivity contribution in [3.63, 3.8) is 0 Å². The zero-order valence-corrected chi connectivity index (χ0v) is 19.7. The van der Waals surface area contributed by atoms with Crippen LogP contribution in [0.4, 0.5) is 0 Å². The summed E-state index contributed by atoms with van der Waals surface area (Å²) in [5, 5.41) is 0. The van der Waals surface area contributed by atoms with Gasteiger partial charge >= 0.3 is 0 Å². The zero-order chi connectivity index (χ0) is 17.5. The summed E-state index contributed by atoms with van der Waals surface area (Å²) in [6.07, 6.45) is 12.2. The second kappa shape index (κ2) is 11.0. The van der Waals surface area contributed by atoms with Gasteiger partial charge in [0.2, 0.25) is 0 Å². The molecular weight excluding hydrogens is 423 g/mol. The first-order chi connectivity index (χ1) is 12.3. The maximum absolute atomic E-state index is 3.21. The molecule has 0 radical (unpaired) electrons. The summed E-state index contributed by atoms with van der Waals surface area (Å²) in [5.41, 5.74) is 0. The van der Waals surface area contributed by atoms with Gasteiger partial charge in [0, 0.05) is 22.2 Å². The largest absolute Gasteiger partial charge is 0.366 e. The molecule has 138 valence electrons. The average molecular weight is 448 g/mol. The first-order valence-electron chi connectivity index (χ1n) is 8.94. The Hall–Kier alpha value is 0.860. The summed E-state index contributed by atoms with van der Waals surface area (Å²) in [6.45, 7) is 4.57. The van der Waals surface area contributed by atoms with Gasteiger partial charge in [-0.2, -0.15) is 0 Å². The fourth-order valence-corrected chi connectivity index (χ4v) is 11.1. The fourth-order valence-electron chi connectivity index (χ4n) is 2.37. The number of thioether (sulfide) groups is 6. The van der Waals surface area contributed by atoms with Crippen LogP contribution in [0.2, 0.25) is 0 Å². The van der Waals surface area contributed by atoms with Crippen molar-refractivity contribution in [2.24, 2.45) is 0 Å². The van der Waals surface area contributed by atoms with E-state index >= 15 is 0 Å². The summed E-state index contributed by atoms with van der Waals surface area (Å²) in [5.74, 6) is 2.53. The minimum absolute atomic E-state index is 1.26. The Balaban J connectivity index is 1.61. The zero-order valence-electron chi connectivity index (χ0n) is 14.8. The van der Waals surface area contributed by atoms with E-state index in [1.807, 2.05) is 47.0 Å². The van der Waals surface area contributed by atoms with E-state index in [1.165, 1.54) is 68.3 Å². The second-order valence-corrected chi connectivity index (χ2v) is 13.2. The molecule has 1 aromatic heterocycles. The number of unbranched alkanes of at least 4 members (excludes halogenated alkanes) is 4. The van der Waals surface area contributed by atoms with E-state index in [2.05, 4.69) is 54.7 Å². The van der Waals surface area contributed by atoms with Crippen LogP contribution >= 0.6 is 70.6 Å². The molecule has 1 aromatic rings. The molecule has 0 bridgehead atoms. The second-order valence-electron chi connectivity index (χ2n) is 5.85. The predicted octanol–water partition coefficient (Wildman–Crippen LogP) is 8.79. The maximum atomic E-state index is 3.21. The predicted molar refractivity (Wildman–Crippen MR) is 126 cm³/mol. The lowest BCUT2D eigenvalue weighted by Crippen LogP contribution is -1.82. The molecule has 0 unspecified atom stereocenters. The minimum Gasteiger partial charge on any atom is -0.366 e. The molecule has 0 aromatic carbocycles. The van der Waals surface area contributed by atoms with E-state index in [0.29, 0.717) is 0 Å². The van der Waals surface area contributed by atoms with Crippen molar-refractivity contribution >= 4 is 70.6 Å². The van der Waals surface area contributed by atoms with Gasteiger partial charge in [-0.25, -0.2) is 0 Å². The average Bonchev–Trinajstić information content (AvgIpc) is 3.30. The van der Waals surface area contributed by atoms with Crippen molar-refractivity contribution in [2.75, 3.05) is 11.5 Å². The molecule has 3 rings (SSSR count). The molecule has 25 heavy (non-hydrogen) atoms. The van der Waals surface area contributed by atoms with Gasteiger partial charge in [0.25, 0.3) is 0 Å². The third kappa shape index (κ3) is 5.92. The summed E-state index contributed by atoms with van der Waals surface area (Å²) >= 11 is 12.1. The number of hydrogen-bond donors (Lipinski definition) is 1. The van der Waals surface area contributed by atoms with Gasteiger partial charge in [-0.1, -0.05) is 86.6 Å². The number of fused-ring (bicyclic) bond motifs is 1. The molecule has 1 N–H and O–H groups in total. The van der Waals surface area contributed by atoms with Crippen molar-refractivity contribution in [1.82, 2.24) is 4.98 Å². The summed E-state index contributed by atoms with van der Waals surface area (Å²) < 4.78 is 6.10. The third-order valence-corrected chi connectivity index (χ3v) is 12.5. The van der Waals surface area contributed by atoms with Crippen LogP contribution in [0.15, 0.2) is 39.1 Å². The van der Waals surface area contributed by atoms with Crippen LogP contribution < -0.4 is 0 Å². The topological polar surface area (TPSA) is 15.8 Å². The standard InChI is InChI=1S/C18H25NS6/c1-3-5-7-9-20-15-16(21-10-8-6-4-2)25-18(24-15)17-22-13-11-19-12-14(13)23-17/h11-12,19H,3-10H2,1-2H3. The molecule has 0 fully saturated rings. The Morgan fingerprint density at radius 1 is 0.720 bits per heavy atom. The fraction of sp³-hybridized carbons (Fsp3) is 0.556. The first kappa shape index (κ1) is 20.6. The first-order valence-corrected chi connectivity index (χ1v) is 14.2. The van der Waals surface area contributed by atoms with Crippen LogP contribution in [0.25, 0.3) is 0 Å². The number of H-pyrrole nitrogens is 1. The number of nitrogens with one attached hydrogen (secondary N) is 1. The molecule has 0 aliphatic carbocycles. The van der Waals surface area contributed by atoms with Gasteiger partial charge in [-0.15, -0.1) is 23.5 Å². The van der Waals surface area contributed by atoms with Gasteiger partial charge in [0.05, 0.1) is 16.9 Å². The molecular formula is C18H25NS6. The Kier molecular flexibility index (Phi) is 9.06. The lowest BCUT2D eigenvalue weighted by Gasteiger charge is -2.04. The molecule has 0 amide bonds. The van der Waals surface area contributed by atoms with Gasteiger partial charge in [-0.3, -0.25) is 0 Å². The summed E-state index contributed by atoms with van der Waals surface area (Å²) in [6, 6.07) is 0. The molecule has 0 saturated heterocycles. The number of hydrogen-bond acceptors (Lipinski definition) is 6. The maximum Gasteiger partial charge on any atom is 0.0717 e. The van der Waals surface area contributed by atoms with E-state index in [0.717, 1.165) is 0 Å². The molecule has 3 heterocycles. The van der Waals surface area contributed by atoms with Gasteiger partial charge < -0.3 is 4.98 Å². The molecule has 2 aliphatic rings. The van der Waals surface area contributed by atoms with Crippen molar-refractivity contribution in [3.05, 3.63) is 29.3 Å². The van der Waals surface area contributed by atoms with E-state index in [9.17, 15) is 0 Å². The van der Waals surface area contributed by atoms with E-state index in [-0.39, 0.29) is 0 Å². The molecule has 7 heteroatoms. The molecule has 0 atom stereocenters. The Bertz CT molecular complexity index is 585. The van der Waals surface area contributed by atoms with Crippen molar-refractivity contribution in [3.8, 4) is 0 Å². The quantitative estimate of drug-likeness (QED) is 0.358. The normalized spacial score (nSPS) is 17.0. The SMILES string of the molecule is CCCCCSC1=C(SCCCCC)SC(=C2Sc3c[nH]cc3S2)S1. The highest BCUT2D eigenvalue weighted by Crippen LogP contribution is 2.64. The number of aromatic amines is 1. The van der Waals surface area contributed by atoms with E-state index in [1.54, 1.807) is 8.47 Å². The van der Waals surface area contributed by atoms with Crippen molar-refractivity contribution in [1.29, 1.82) is 0 Å². The smallest absolute Gasteiger partial charge is 0.0717 e. The van der Waals surface area contributed by atoms with E-state index < -0.39 is 0 Å². The van der Waals surface area contributed by atoms with Crippen LogP contribution in [0.1, 0.15) is 52.4 Å². The van der Waals surface area contributed by atoms with Gasteiger partial charge in [0.1, 0.15) is 0 Å². The van der Waals surface area contributed by atoms with Crippen molar-refractivity contribution < 1.29 is 0 Å². The lowest BCUT2D eigenvalue weighted by molar-refractivity contribution is 0.779. The van der Waals surface area contributed by atoms with Gasteiger partial charge in [0.15, 0.2) is 0 Å².